The highest BCUT2D eigenvalue weighted by Gasteiger charge is 2.21. The maximum Gasteiger partial charge on any atom is 0.152 e. The fraction of sp³-hybridized carbons (Fsp3) is 0.714. The van der Waals surface area contributed by atoms with Crippen LogP contribution in [0.2, 0.25) is 0 Å². The van der Waals surface area contributed by atoms with Crippen LogP contribution in [0, 0.1) is 5.92 Å². The van der Waals surface area contributed by atoms with E-state index >= 15 is 0 Å². The van der Waals surface area contributed by atoms with Crippen LogP contribution >= 0.6 is 11.6 Å². The smallest absolute Gasteiger partial charge is 0.152 e. The van der Waals surface area contributed by atoms with E-state index in [4.69, 9.17) is 16.4 Å². The van der Waals surface area contributed by atoms with Crippen molar-refractivity contribution in [3.63, 3.8) is 0 Å². The summed E-state index contributed by atoms with van der Waals surface area (Å²) < 4.78 is 0. The number of Topliss-reactive ketones (excluding diaryl/α,β-unsaturated/α-hetero) is 1. The zero-order valence-electron chi connectivity index (χ0n) is 6.34. The minimum absolute atomic E-state index is 0.139. The summed E-state index contributed by atoms with van der Waals surface area (Å²) in [4.78, 5) is 15.3. The molecule has 0 spiro atoms. The van der Waals surface area contributed by atoms with Crippen molar-refractivity contribution in [2.24, 2.45) is 11.1 Å². The van der Waals surface area contributed by atoms with E-state index in [1.165, 1.54) is 0 Å². The number of ketones is 1. The van der Waals surface area contributed by atoms with Gasteiger partial charge in [0.1, 0.15) is 12.4 Å². The number of nitrogens with zero attached hydrogens (tertiary/aromatic N) is 1. The Morgan fingerprint density at radius 1 is 1.91 bits per heavy atom. The van der Waals surface area contributed by atoms with Gasteiger partial charge >= 0.3 is 0 Å². The third kappa shape index (κ3) is 2.50. The molecule has 0 radical (unpaired) electrons. The van der Waals surface area contributed by atoms with Gasteiger partial charge in [0.15, 0.2) is 5.17 Å². The van der Waals surface area contributed by atoms with E-state index < -0.39 is 0 Å². The first-order valence-electron chi connectivity index (χ1n) is 3.55. The summed E-state index contributed by atoms with van der Waals surface area (Å²) in [6, 6.07) is 0. The van der Waals surface area contributed by atoms with Gasteiger partial charge in [-0.3, -0.25) is 0 Å². The topological polar surface area (TPSA) is 38.7 Å². The van der Waals surface area contributed by atoms with Gasteiger partial charge in [0.25, 0.3) is 0 Å². The lowest BCUT2D eigenvalue weighted by Crippen LogP contribution is -2.09. The Bertz CT molecular complexity index is 191. The molecule has 11 heavy (non-hydrogen) atoms. The zero-order chi connectivity index (χ0) is 8.27. The number of halogens is 1. The van der Waals surface area contributed by atoms with Gasteiger partial charge in [-0.1, -0.05) is 16.8 Å². The normalized spacial score (nSPS) is 22.7. The summed E-state index contributed by atoms with van der Waals surface area (Å²) in [5.74, 6) is 0.321. The third-order valence-electron chi connectivity index (χ3n) is 1.61. The van der Waals surface area contributed by atoms with E-state index in [0.717, 1.165) is 6.42 Å². The molecule has 1 heterocycles. The molecular formula is C7H10ClNO2. The van der Waals surface area contributed by atoms with Crippen molar-refractivity contribution in [1.29, 1.82) is 0 Å². The number of carbonyl (C=O) groups is 1. The molecule has 1 rings (SSSR count). The van der Waals surface area contributed by atoms with Crippen LogP contribution in [-0.4, -0.2) is 17.6 Å². The molecule has 0 saturated carbocycles. The SMILES string of the molecule is CC(=O)CCC1CON=C1Cl. The predicted molar refractivity (Wildman–Crippen MR) is 42.6 cm³/mol. The Hall–Kier alpha value is -0.570. The van der Waals surface area contributed by atoms with Gasteiger partial charge in [0.2, 0.25) is 0 Å². The lowest BCUT2D eigenvalue weighted by molar-refractivity contribution is -0.117. The van der Waals surface area contributed by atoms with E-state index in [-0.39, 0.29) is 11.7 Å². The number of hydrogen-bond donors (Lipinski definition) is 0. The van der Waals surface area contributed by atoms with Crippen molar-refractivity contribution >= 4 is 22.6 Å². The van der Waals surface area contributed by atoms with Crippen LogP contribution in [-0.2, 0) is 9.63 Å². The molecule has 0 N–H and O–H groups in total. The van der Waals surface area contributed by atoms with E-state index in [1.54, 1.807) is 6.92 Å². The van der Waals surface area contributed by atoms with Gasteiger partial charge in [0.05, 0.1) is 5.92 Å². The van der Waals surface area contributed by atoms with E-state index in [9.17, 15) is 4.79 Å². The minimum atomic E-state index is 0.139. The van der Waals surface area contributed by atoms with Crippen molar-refractivity contribution in [1.82, 2.24) is 0 Å². The van der Waals surface area contributed by atoms with Crippen molar-refractivity contribution in [2.75, 3.05) is 6.61 Å². The molecule has 1 atom stereocenters. The highest BCUT2D eigenvalue weighted by Crippen LogP contribution is 2.18. The van der Waals surface area contributed by atoms with Gasteiger partial charge in [-0.05, 0) is 13.3 Å². The molecule has 62 valence electrons. The van der Waals surface area contributed by atoms with Crippen LogP contribution < -0.4 is 0 Å². The van der Waals surface area contributed by atoms with Crippen LogP contribution in [0.5, 0.6) is 0 Å². The first kappa shape index (κ1) is 8.53. The number of rotatable bonds is 3. The Morgan fingerprint density at radius 2 is 2.64 bits per heavy atom. The largest absolute Gasteiger partial charge is 0.394 e. The van der Waals surface area contributed by atoms with Crippen LogP contribution in [0.3, 0.4) is 0 Å². The van der Waals surface area contributed by atoms with E-state index in [0.29, 0.717) is 18.2 Å². The van der Waals surface area contributed by atoms with E-state index in [1.807, 2.05) is 0 Å². The number of carbonyl (C=O) groups excluding carboxylic acids is 1. The molecule has 0 aliphatic carbocycles. The maximum absolute atomic E-state index is 10.6. The maximum atomic E-state index is 10.6. The van der Waals surface area contributed by atoms with Crippen LogP contribution in [0.4, 0.5) is 0 Å². The number of oxime groups is 1. The van der Waals surface area contributed by atoms with Crippen molar-refractivity contribution < 1.29 is 9.63 Å². The van der Waals surface area contributed by atoms with Crippen LogP contribution in [0.25, 0.3) is 0 Å². The monoisotopic (exact) mass is 175 g/mol. The highest BCUT2D eigenvalue weighted by molar-refractivity contribution is 6.66. The molecule has 0 aromatic carbocycles. The molecule has 0 aromatic heterocycles. The van der Waals surface area contributed by atoms with Crippen molar-refractivity contribution in [2.45, 2.75) is 19.8 Å². The fourth-order valence-corrected chi connectivity index (χ4v) is 1.13. The molecule has 0 fully saturated rings. The van der Waals surface area contributed by atoms with Crippen LogP contribution in [0.1, 0.15) is 19.8 Å². The Kier molecular flexibility index (Phi) is 2.88. The molecule has 1 aliphatic heterocycles. The summed E-state index contributed by atoms with van der Waals surface area (Å²) in [5, 5.41) is 4.06. The number of hydrogen-bond acceptors (Lipinski definition) is 3. The van der Waals surface area contributed by atoms with Gasteiger partial charge in [-0.15, -0.1) is 0 Å². The highest BCUT2D eigenvalue weighted by atomic mass is 35.5. The Morgan fingerprint density at radius 3 is 3.09 bits per heavy atom. The first-order valence-corrected chi connectivity index (χ1v) is 3.92. The molecule has 0 bridgehead atoms. The second-order valence-corrected chi connectivity index (χ2v) is 3.03. The Balaban J connectivity index is 2.27. The molecule has 1 unspecified atom stereocenters. The molecular weight excluding hydrogens is 166 g/mol. The summed E-state index contributed by atoms with van der Waals surface area (Å²) in [6.45, 7) is 2.09. The first-order chi connectivity index (χ1) is 5.20. The third-order valence-corrected chi connectivity index (χ3v) is 1.99. The second-order valence-electron chi connectivity index (χ2n) is 2.65. The molecule has 0 saturated heterocycles. The lowest BCUT2D eigenvalue weighted by atomic mass is 10.0. The van der Waals surface area contributed by atoms with E-state index in [2.05, 4.69) is 5.16 Å². The quantitative estimate of drug-likeness (QED) is 0.653. The molecule has 0 aromatic rings. The summed E-state index contributed by atoms with van der Waals surface area (Å²) in [6.07, 6.45) is 1.30. The second kappa shape index (κ2) is 3.72. The van der Waals surface area contributed by atoms with Gasteiger partial charge in [0, 0.05) is 6.42 Å². The summed E-state index contributed by atoms with van der Waals surface area (Å²) in [7, 11) is 0. The summed E-state index contributed by atoms with van der Waals surface area (Å²) >= 11 is 5.68. The average molecular weight is 176 g/mol. The molecule has 1 aliphatic rings. The molecule has 3 nitrogen and oxygen atoms in total. The molecule has 0 amide bonds. The van der Waals surface area contributed by atoms with Gasteiger partial charge in [-0.2, -0.15) is 0 Å². The lowest BCUT2D eigenvalue weighted by Gasteiger charge is -2.02. The van der Waals surface area contributed by atoms with Crippen LogP contribution in [0.15, 0.2) is 5.16 Å². The standard InChI is InChI=1S/C7H10ClNO2/c1-5(10)2-3-6-4-11-9-7(6)8/h6H,2-4H2,1H3. The van der Waals surface area contributed by atoms with Gasteiger partial charge < -0.3 is 9.63 Å². The zero-order valence-corrected chi connectivity index (χ0v) is 7.10. The fourth-order valence-electron chi connectivity index (χ4n) is 0.912. The predicted octanol–water partition coefficient (Wildman–Crippen LogP) is 1.55. The minimum Gasteiger partial charge on any atom is -0.394 e. The average Bonchev–Trinajstić information content (AvgIpc) is 2.31. The Labute approximate surface area is 70.4 Å². The molecule has 4 heteroatoms. The van der Waals surface area contributed by atoms with Crippen molar-refractivity contribution in [3.05, 3.63) is 0 Å². The summed E-state index contributed by atoms with van der Waals surface area (Å²) in [5.41, 5.74) is 0. The van der Waals surface area contributed by atoms with Crippen molar-refractivity contribution in [3.8, 4) is 0 Å². The van der Waals surface area contributed by atoms with Gasteiger partial charge in [-0.25, -0.2) is 0 Å².